The number of pyridine rings is 1. The van der Waals surface area contributed by atoms with Crippen molar-refractivity contribution in [3.63, 3.8) is 0 Å². The van der Waals surface area contributed by atoms with Crippen molar-refractivity contribution in [1.82, 2.24) is 4.98 Å². The molecular weight excluding hydrogens is 192 g/mol. The third-order valence-corrected chi connectivity index (χ3v) is 1.70. The van der Waals surface area contributed by atoms with E-state index in [0.717, 1.165) is 5.82 Å². The van der Waals surface area contributed by atoms with Crippen LogP contribution in [0.15, 0.2) is 18.3 Å². The highest BCUT2D eigenvalue weighted by Gasteiger charge is 1.95. The minimum Gasteiger partial charge on any atom is -0.459 e. The molecule has 0 atom stereocenters. The minimum atomic E-state index is -0.549. The molecule has 0 N–H and O–H groups in total. The van der Waals surface area contributed by atoms with Crippen LogP contribution in [0.1, 0.15) is 5.56 Å². The maximum Gasteiger partial charge on any atom is 0.384 e. The Kier molecular flexibility index (Phi) is 3.69. The van der Waals surface area contributed by atoms with Crippen molar-refractivity contribution in [2.75, 3.05) is 26.1 Å². The number of aromatic nitrogens is 1. The van der Waals surface area contributed by atoms with Gasteiger partial charge >= 0.3 is 5.97 Å². The van der Waals surface area contributed by atoms with E-state index in [2.05, 4.69) is 21.6 Å². The molecule has 15 heavy (non-hydrogen) atoms. The Bertz CT molecular complexity index is 399. The quantitative estimate of drug-likeness (QED) is 0.498. The summed E-state index contributed by atoms with van der Waals surface area (Å²) in [6.45, 7) is 0. The van der Waals surface area contributed by atoms with Crippen molar-refractivity contribution in [3.8, 4) is 11.8 Å². The van der Waals surface area contributed by atoms with Gasteiger partial charge in [-0.3, -0.25) is 0 Å². The van der Waals surface area contributed by atoms with Crippen LogP contribution in [0.5, 0.6) is 0 Å². The lowest BCUT2D eigenvalue weighted by Crippen LogP contribution is -2.10. The average molecular weight is 204 g/mol. The second kappa shape index (κ2) is 5.01. The monoisotopic (exact) mass is 204 g/mol. The van der Waals surface area contributed by atoms with Crippen LogP contribution in [-0.2, 0) is 9.53 Å². The molecule has 0 amide bonds. The molecule has 4 nitrogen and oxygen atoms in total. The fourth-order valence-corrected chi connectivity index (χ4v) is 0.899. The molecule has 4 heteroatoms. The summed E-state index contributed by atoms with van der Waals surface area (Å²) in [7, 11) is 5.11. The van der Waals surface area contributed by atoms with E-state index in [1.807, 2.05) is 25.1 Å². The summed E-state index contributed by atoms with van der Waals surface area (Å²) in [6, 6.07) is 3.64. The maximum atomic E-state index is 10.7. The summed E-state index contributed by atoms with van der Waals surface area (Å²) in [5, 5.41) is 0. The summed E-state index contributed by atoms with van der Waals surface area (Å²) in [4.78, 5) is 16.8. The second-order valence-electron chi connectivity index (χ2n) is 3.04. The van der Waals surface area contributed by atoms with Crippen LogP contribution in [0.2, 0.25) is 0 Å². The van der Waals surface area contributed by atoms with E-state index in [-0.39, 0.29) is 0 Å². The Balaban J connectivity index is 2.79. The molecule has 0 aliphatic rings. The van der Waals surface area contributed by atoms with Gasteiger partial charge in [-0.25, -0.2) is 9.78 Å². The van der Waals surface area contributed by atoms with Gasteiger partial charge in [0.2, 0.25) is 0 Å². The number of ether oxygens (including phenoxy) is 1. The van der Waals surface area contributed by atoms with E-state index in [9.17, 15) is 4.79 Å². The molecule has 0 unspecified atom stereocenters. The van der Waals surface area contributed by atoms with Crippen LogP contribution in [0.3, 0.4) is 0 Å². The van der Waals surface area contributed by atoms with Gasteiger partial charge in [-0.1, -0.05) is 5.92 Å². The van der Waals surface area contributed by atoms with Crippen LogP contribution in [0, 0.1) is 11.8 Å². The number of rotatable bonds is 1. The minimum absolute atomic E-state index is 0.549. The number of hydrogen-bond donors (Lipinski definition) is 0. The third kappa shape index (κ3) is 3.31. The average Bonchev–Trinajstić information content (AvgIpc) is 2.26. The zero-order valence-corrected chi connectivity index (χ0v) is 8.94. The first kappa shape index (κ1) is 11.1. The lowest BCUT2D eigenvalue weighted by Gasteiger charge is -2.09. The van der Waals surface area contributed by atoms with Crippen LogP contribution in [-0.4, -0.2) is 32.2 Å². The summed E-state index contributed by atoms with van der Waals surface area (Å²) in [6.07, 6.45) is 1.62. The zero-order chi connectivity index (χ0) is 11.3. The first-order valence-electron chi connectivity index (χ1n) is 4.37. The fraction of sp³-hybridized carbons (Fsp3) is 0.273. The van der Waals surface area contributed by atoms with Gasteiger partial charge in [0.15, 0.2) is 0 Å². The van der Waals surface area contributed by atoms with E-state index in [1.54, 1.807) is 12.3 Å². The number of methoxy groups -OCH3 is 1. The van der Waals surface area contributed by atoms with Crippen molar-refractivity contribution < 1.29 is 9.53 Å². The van der Waals surface area contributed by atoms with E-state index >= 15 is 0 Å². The fourth-order valence-electron chi connectivity index (χ4n) is 0.899. The molecule has 0 aliphatic heterocycles. The van der Waals surface area contributed by atoms with Gasteiger partial charge in [0.05, 0.1) is 7.11 Å². The van der Waals surface area contributed by atoms with Crippen LogP contribution in [0.4, 0.5) is 5.82 Å². The highest BCUT2D eigenvalue weighted by molar-refractivity contribution is 5.88. The summed E-state index contributed by atoms with van der Waals surface area (Å²) >= 11 is 0. The number of hydrogen-bond acceptors (Lipinski definition) is 4. The Hall–Kier alpha value is -2.02. The molecule has 0 radical (unpaired) electrons. The van der Waals surface area contributed by atoms with E-state index in [4.69, 9.17) is 0 Å². The smallest absolute Gasteiger partial charge is 0.384 e. The van der Waals surface area contributed by atoms with E-state index < -0.39 is 5.97 Å². The van der Waals surface area contributed by atoms with Crippen LogP contribution < -0.4 is 4.90 Å². The third-order valence-electron chi connectivity index (χ3n) is 1.70. The molecule has 0 saturated carbocycles. The molecule has 0 aliphatic carbocycles. The Labute approximate surface area is 88.9 Å². The molecule has 0 aromatic carbocycles. The number of nitrogens with zero attached hydrogens (tertiary/aromatic N) is 2. The molecule has 1 aromatic rings. The van der Waals surface area contributed by atoms with Crippen molar-refractivity contribution in [3.05, 3.63) is 23.9 Å². The summed E-state index contributed by atoms with van der Waals surface area (Å²) < 4.78 is 4.39. The van der Waals surface area contributed by atoms with Crippen LogP contribution >= 0.6 is 0 Å². The number of anilines is 1. The summed E-state index contributed by atoms with van der Waals surface area (Å²) in [5.41, 5.74) is 0.686. The topological polar surface area (TPSA) is 42.4 Å². The molecule has 78 valence electrons. The molecule has 0 fully saturated rings. The first-order chi connectivity index (χ1) is 7.13. The van der Waals surface area contributed by atoms with Crippen molar-refractivity contribution >= 4 is 11.8 Å². The number of carbonyl (C=O) groups excluding carboxylic acids is 1. The van der Waals surface area contributed by atoms with Crippen molar-refractivity contribution in [2.45, 2.75) is 0 Å². The lowest BCUT2D eigenvalue weighted by molar-refractivity contribution is -0.133. The number of esters is 1. The predicted octanol–water partition coefficient (Wildman–Crippen LogP) is 0.672. The molecule has 1 heterocycles. The van der Waals surface area contributed by atoms with Crippen molar-refractivity contribution in [2.24, 2.45) is 0 Å². The second-order valence-corrected chi connectivity index (χ2v) is 3.04. The first-order valence-corrected chi connectivity index (χ1v) is 4.37. The van der Waals surface area contributed by atoms with E-state index in [0.29, 0.717) is 5.56 Å². The molecule has 1 rings (SSSR count). The molecule has 1 aromatic heterocycles. The normalized spacial score (nSPS) is 8.73. The van der Waals surface area contributed by atoms with Gasteiger partial charge in [0.1, 0.15) is 5.82 Å². The highest BCUT2D eigenvalue weighted by Crippen LogP contribution is 2.06. The molecule has 0 spiro atoms. The van der Waals surface area contributed by atoms with Gasteiger partial charge in [-0.2, -0.15) is 0 Å². The van der Waals surface area contributed by atoms with Gasteiger partial charge in [0, 0.05) is 31.8 Å². The Morgan fingerprint density at radius 1 is 1.47 bits per heavy atom. The SMILES string of the molecule is COC(=O)C#Cc1ccc(N(C)C)nc1. The number of carbonyl (C=O) groups is 1. The van der Waals surface area contributed by atoms with Crippen LogP contribution in [0.25, 0.3) is 0 Å². The Morgan fingerprint density at radius 2 is 2.20 bits per heavy atom. The van der Waals surface area contributed by atoms with Gasteiger partial charge in [-0.05, 0) is 12.1 Å². The van der Waals surface area contributed by atoms with Gasteiger partial charge in [0.25, 0.3) is 0 Å². The van der Waals surface area contributed by atoms with Gasteiger partial charge in [-0.15, -0.1) is 0 Å². The highest BCUT2D eigenvalue weighted by atomic mass is 16.5. The molecular formula is C11H12N2O2. The van der Waals surface area contributed by atoms with Gasteiger partial charge < -0.3 is 9.64 Å². The largest absolute Gasteiger partial charge is 0.459 e. The van der Waals surface area contributed by atoms with E-state index in [1.165, 1.54) is 7.11 Å². The molecule has 0 bridgehead atoms. The van der Waals surface area contributed by atoms with Crippen molar-refractivity contribution in [1.29, 1.82) is 0 Å². The maximum absolute atomic E-state index is 10.7. The molecule has 0 saturated heterocycles. The predicted molar refractivity (Wildman–Crippen MR) is 57.5 cm³/mol. The summed E-state index contributed by atoms with van der Waals surface area (Å²) in [5.74, 6) is 5.29. The Morgan fingerprint density at radius 3 is 2.67 bits per heavy atom. The standard InChI is InChI=1S/C11H12N2O2/c1-13(2)10-6-4-9(8-12-10)5-7-11(14)15-3/h4,6,8H,1-3H3. The lowest BCUT2D eigenvalue weighted by atomic mass is 10.3. The zero-order valence-electron chi connectivity index (χ0n) is 8.94.